The third-order valence-corrected chi connectivity index (χ3v) is 3.95. The number of benzene rings is 1. The SMILES string of the molecule is Cc1c(CCC(=O)O)c(=O)c2cccc(Cl)c2n1C(C)C. The van der Waals surface area contributed by atoms with Crippen LogP contribution in [0.4, 0.5) is 0 Å². The molecule has 5 heteroatoms. The van der Waals surface area contributed by atoms with Gasteiger partial charge < -0.3 is 9.67 Å². The lowest BCUT2D eigenvalue weighted by molar-refractivity contribution is -0.136. The number of para-hydroxylation sites is 1. The molecule has 1 aromatic carbocycles. The number of hydrogen-bond donors (Lipinski definition) is 1. The molecule has 0 radical (unpaired) electrons. The van der Waals surface area contributed by atoms with Crippen LogP contribution in [0.15, 0.2) is 23.0 Å². The third-order valence-electron chi connectivity index (χ3n) is 3.65. The molecule has 0 fully saturated rings. The van der Waals surface area contributed by atoms with Gasteiger partial charge in [-0.15, -0.1) is 0 Å². The van der Waals surface area contributed by atoms with Crippen LogP contribution >= 0.6 is 11.6 Å². The Labute approximate surface area is 128 Å². The number of fused-ring (bicyclic) bond motifs is 1. The maximum absolute atomic E-state index is 12.6. The number of aliphatic carboxylic acids is 1. The fraction of sp³-hybridized carbons (Fsp3) is 0.375. The fourth-order valence-electron chi connectivity index (χ4n) is 2.76. The first-order valence-electron chi connectivity index (χ1n) is 6.88. The molecule has 2 aromatic rings. The molecule has 0 bridgehead atoms. The lowest BCUT2D eigenvalue weighted by Crippen LogP contribution is -2.21. The van der Waals surface area contributed by atoms with Crippen LogP contribution in [0.25, 0.3) is 10.9 Å². The lowest BCUT2D eigenvalue weighted by atomic mass is 10.0. The smallest absolute Gasteiger partial charge is 0.303 e. The van der Waals surface area contributed by atoms with Crippen molar-refractivity contribution in [3.8, 4) is 0 Å². The second-order valence-corrected chi connectivity index (χ2v) is 5.79. The summed E-state index contributed by atoms with van der Waals surface area (Å²) < 4.78 is 2.01. The van der Waals surface area contributed by atoms with Crippen LogP contribution in [0.1, 0.15) is 37.6 Å². The molecular formula is C16H18ClNO3. The minimum atomic E-state index is -0.906. The average Bonchev–Trinajstić information content (AvgIpc) is 2.39. The number of halogens is 1. The number of pyridine rings is 1. The van der Waals surface area contributed by atoms with Crippen LogP contribution in [0, 0.1) is 6.92 Å². The minimum absolute atomic E-state index is 0.0553. The molecule has 0 unspecified atom stereocenters. The Kier molecular flexibility index (Phi) is 4.37. The van der Waals surface area contributed by atoms with Gasteiger partial charge in [-0.2, -0.15) is 0 Å². The van der Waals surface area contributed by atoms with Crippen molar-refractivity contribution in [2.45, 2.75) is 39.7 Å². The van der Waals surface area contributed by atoms with Gasteiger partial charge in [0, 0.05) is 29.1 Å². The van der Waals surface area contributed by atoms with Gasteiger partial charge in [0.1, 0.15) is 0 Å². The average molecular weight is 308 g/mol. The van der Waals surface area contributed by atoms with Gasteiger partial charge in [0.2, 0.25) is 0 Å². The zero-order valence-corrected chi connectivity index (χ0v) is 13.1. The summed E-state index contributed by atoms with van der Waals surface area (Å²) in [4.78, 5) is 23.4. The van der Waals surface area contributed by atoms with Crippen molar-refractivity contribution in [3.63, 3.8) is 0 Å². The van der Waals surface area contributed by atoms with Crippen molar-refractivity contribution in [1.29, 1.82) is 0 Å². The topological polar surface area (TPSA) is 59.3 Å². The van der Waals surface area contributed by atoms with Crippen LogP contribution in [-0.2, 0) is 11.2 Å². The summed E-state index contributed by atoms with van der Waals surface area (Å²) in [5, 5.41) is 9.94. The van der Waals surface area contributed by atoms with Crippen LogP contribution in [-0.4, -0.2) is 15.6 Å². The van der Waals surface area contributed by atoms with E-state index < -0.39 is 5.97 Å². The molecule has 0 saturated heterocycles. The first-order valence-corrected chi connectivity index (χ1v) is 7.26. The highest BCUT2D eigenvalue weighted by molar-refractivity contribution is 6.35. The molecule has 1 aromatic heterocycles. The standard InChI is InChI=1S/C16H18ClNO3/c1-9(2)18-10(3)11(7-8-14(19)20)16(21)12-5-4-6-13(17)15(12)18/h4-6,9H,7-8H2,1-3H3,(H,19,20). The molecule has 1 N–H and O–H groups in total. The summed E-state index contributed by atoms with van der Waals surface area (Å²) in [5.41, 5.74) is 1.94. The monoisotopic (exact) mass is 307 g/mol. The number of hydrogen-bond acceptors (Lipinski definition) is 2. The Bertz CT molecular complexity index is 762. The zero-order chi connectivity index (χ0) is 15.7. The van der Waals surface area contributed by atoms with Crippen molar-refractivity contribution in [2.75, 3.05) is 0 Å². The van der Waals surface area contributed by atoms with Crippen LogP contribution in [0.2, 0.25) is 5.02 Å². The summed E-state index contributed by atoms with van der Waals surface area (Å²) in [5.74, 6) is -0.906. The first kappa shape index (κ1) is 15.6. The quantitative estimate of drug-likeness (QED) is 0.939. The molecule has 21 heavy (non-hydrogen) atoms. The molecular weight excluding hydrogens is 290 g/mol. The zero-order valence-electron chi connectivity index (χ0n) is 12.3. The molecule has 0 amide bonds. The molecule has 1 heterocycles. The highest BCUT2D eigenvalue weighted by Crippen LogP contribution is 2.27. The molecule has 112 valence electrons. The van der Waals surface area contributed by atoms with E-state index >= 15 is 0 Å². The van der Waals surface area contributed by atoms with E-state index in [0.717, 1.165) is 11.2 Å². The van der Waals surface area contributed by atoms with E-state index in [4.69, 9.17) is 16.7 Å². The highest BCUT2D eigenvalue weighted by atomic mass is 35.5. The Balaban J connectivity index is 2.83. The predicted octanol–water partition coefficient (Wildman–Crippen LogP) is 3.56. The summed E-state index contributed by atoms with van der Waals surface area (Å²) in [6.07, 6.45) is 0.176. The van der Waals surface area contributed by atoms with Gasteiger partial charge in [-0.25, -0.2) is 0 Å². The van der Waals surface area contributed by atoms with E-state index in [1.807, 2.05) is 25.3 Å². The molecule has 0 spiro atoms. The van der Waals surface area contributed by atoms with Crippen molar-refractivity contribution in [1.82, 2.24) is 4.57 Å². The number of carbonyl (C=O) groups is 1. The molecule has 0 aliphatic carbocycles. The molecule has 0 saturated carbocycles. The van der Waals surface area contributed by atoms with E-state index in [2.05, 4.69) is 0 Å². The van der Waals surface area contributed by atoms with Crippen LogP contribution in [0.3, 0.4) is 0 Å². The van der Waals surface area contributed by atoms with Gasteiger partial charge in [0.05, 0.1) is 10.5 Å². The van der Waals surface area contributed by atoms with Gasteiger partial charge in [-0.1, -0.05) is 17.7 Å². The Hall–Kier alpha value is -1.81. The fourth-order valence-corrected chi connectivity index (χ4v) is 3.02. The predicted molar refractivity (Wildman–Crippen MR) is 84.3 cm³/mol. The number of aromatic nitrogens is 1. The summed E-state index contributed by atoms with van der Waals surface area (Å²) >= 11 is 6.28. The van der Waals surface area contributed by atoms with Gasteiger partial charge in [-0.3, -0.25) is 9.59 Å². The van der Waals surface area contributed by atoms with Crippen molar-refractivity contribution in [3.05, 3.63) is 44.7 Å². The minimum Gasteiger partial charge on any atom is -0.481 e. The molecule has 0 aliphatic heterocycles. The normalized spacial score (nSPS) is 11.3. The van der Waals surface area contributed by atoms with Crippen molar-refractivity contribution >= 4 is 28.5 Å². The van der Waals surface area contributed by atoms with Gasteiger partial charge in [0.25, 0.3) is 0 Å². The number of carboxylic acid groups (broad SMARTS) is 1. The third kappa shape index (κ3) is 2.81. The Morgan fingerprint density at radius 2 is 2.05 bits per heavy atom. The lowest BCUT2D eigenvalue weighted by Gasteiger charge is -2.22. The van der Waals surface area contributed by atoms with Crippen molar-refractivity contribution < 1.29 is 9.90 Å². The Morgan fingerprint density at radius 3 is 2.62 bits per heavy atom. The Morgan fingerprint density at radius 1 is 1.38 bits per heavy atom. The van der Waals surface area contributed by atoms with E-state index in [9.17, 15) is 9.59 Å². The maximum atomic E-state index is 12.6. The highest BCUT2D eigenvalue weighted by Gasteiger charge is 2.18. The second-order valence-electron chi connectivity index (χ2n) is 5.39. The molecule has 0 aliphatic rings. The van der Waals surface area contributed by atoms with Crippen LogP contribution < -0.4 is 5.43 Å². The molecule has 2 rings (SSSR count). The van der Waals surface area contributed by atoms with Gasteiger partial charge >= 0.3 is 5.97 Å². The van der Waals surface area contributed by atoms with Gasteiger partial charge in [-0.05, 0) is 39.3 Å². The second kappa shape index (κ2) is 5.90. The van der Waals surface area contributed by atoms with Crippen LogP contribution in [0.5, 0.6) is 0 Å². The number of nitrogens with zero attached hydrogens (tertiary/aromatic N) is 1. The number of carboxylic acids is 1. The van der Waals surface area contributed by atoms with Crippen molar-refractivity contribution in [2.24, 2.45) is 0 Å². The summed E-state index contributed by atoms with van der Waals surface area (Å²) in [7, 11) is 0. The van der Waals surface area contributed by atoms with E-state index in [1.54, 1.807) is 18.2 Å². The van der Waals surface area contributed by atoms with E-state index in [1.165, 1.54) is 0 Å². The van der Waals surface area contributed by atoms with E-state index in [0.29, 0.717) is 16.0 Å². The first-order chi connectivity index (χ1) is 9.84. The van der Waals surface area contributed by atoms with Gasteiger partial charge in [0.15, 0.2) is 5.43 Å². The maximum Gasteiger partial charge on any atom is 0.303 e. The summed E-state index contributed by atoms with van der Waals surface area (Å²) in [6, 6.07) is 5.37. The molecule has 0 atom stereocenters. The number of rotatable bonds is 4. The summed E-state index contributed by atoms with van der Waals surface area (Å²) in [6.45, 7) is 5.88. The molecule has 4 nitrogen and oxygen atoms in total. The van der Waals surface area contributed by atoms with E-state index in [-0.39, 0.29) is 24.3 Å². The largest absolute Gasteiger partial charge is 0.481 e.